The van der Waals surface area contributed by atoms with Gasteiger partial charge in [-0.1, -0.05) is 0 Å². The van der Waals surface area contributed by atoms with Crippen molar-refractivity contribution in [1.29, 1.82) is 0 Å². The molecule has 2 fully saturated rings. The van der Waals surface area contributed by atoms with Gasteiger partial charge >= 0.3 is 0 Å². The van der Waals surface area contributed by atoms with Gasteiger partial charge in [0.2, 0.25) is 0 Å². The second-order valence-electron chi connectivity index (χ2n) is 6.09. The highest BCUT2D eigenvalue weighted by molar-refractivity contribution is 5.07. The fraction of sp³-hybridized carbons (Fsp3) is 0.714. The van der Waals surface area contributed by atoms with Gasteiger partial charge in [0.15, 0.2) is 0 Å². The second kappa shape index (κ2) is 4.59. The molecule has 0 N–H and O–H groups in total. The van der Waals surface area contributed by atoms with Gasteiger partial charge in [0.1, 0.15) is 5.82 Å². The van der Waals surface area contributed by atoms with E-state index < -0.39 is 0 Å². The summed E-state index contributed by atoms with van der Waals surface area (Å²) < 4.78 is 0. The van der Waals surface area contributed by atoms with Crippen LogP contribution < -0.4 is 0 Å². The molecule has 0 amide bonds. The van der Waals surface area contributed by atoms with Crippen molar-refractivity contribution in [2.45, 2.75) is 26.3 Å². The molecule has 98 valence electrons. The first kappa shape index (κ1) is 12.1. The van der Waals surface area contributed by atoms with Crippen LogP contribution in [-0.2, 0) is 6.54 Å². The molecule has 0 aliphatic carbocycles. The molecule has 1 spiro atoms. The molecule has 4 heteroatoms. The normalized spacial score (nSPS) is 24.1. The summed E-state index contributed by atoms with van der Waals surface area (Å²) in [4.78, 5) is 13.5. The van der Waals surface area contributed by atoms with Crippen LogP contribution in [0.25, 0.3) is 0 Å². The lowest BCUT2D eigenvalue weighted by atomic mass is 9.72. The fourth-order valence-electron chi connectivity index (χ4n) is 3.18. The summed E-state index contributed by atoms with van der Waals surface area (Å²) in [6.45, 7) is 7.99. The van der Waals surface area contributed by atoms with E-state index in [1.54, 1.807) is 0 Å². The molecule has 0 radical (unpaired) electrons. The number of piperidine rings is 1. The maximum atomic E-state index is 4.26. The van der Waals surface area contributed by atoms with E-state index in [1.165, 1.54) is 44.6 Å². The molecule has 2 aliphatic rings. The molecule has 0 bridgehead atoms. The maximum absolute atomic E-state index is 4.26. The smallest absolute Gasteiger partial charge is 0.125 e. The molecule has 18 heavy (non-hydrogen) atoms. The van der Waals surface area contributed by atoms with Gasteiger partial charge in [-0.05, 0) is 45.3 Å². The van der Waals surface area contributed by atoms with Crippen LogP contribution in [0.2, 0.25) is 0 Å². The van der Waals surface area contributed by atoms with Crippen LogP contribution in [0.15, 0.2) is 12.4 Å². The first-order chi connectivity index (χ1) is 8.65. The summed E-state index contributed by atoms with van der Waals surface area (Å²) in [6, 6.07) is 0. The van der Waals surface area contributed by atoms with Gasteiger partial charge in [-0.15, -0.1) is 0 Å². The number of hydrogen-bond acceptors (Lipinski definition) is 4. The van der Waals surface area contributed by atoms with Crippen LogP contribution >= 0.6 is 0 Å². The van der Waals surface area contributed by atoms with Gasteiger partial charge in [-0.25, -0.2) is 9.97 Å². The minimum Gasteiger partial charge on any atom is -0.306 e. The Hall–Kier alpha value is -1.00. The Kier molecular flexibility index (Phi) is 3.08. The third kappa shape index (κ3) is 2.40. The van der Waals surface area contributed by atoms with Crippen LogP contribution in [0, 0.1) is 12.3 Å². The van der Waals surface area contributed by atoms with E-state index in [-0.39, 0.29) is 0 Å². The maximum Gasteiger partial charge on any atom is 0.125 e. The van der Waals surface area contributed by atoms with Gasteiger partial charge in [0.05, 0.1) is 0 Å². The van der Waals surface area contributed by atoms with Crippen molar-refractivity contribution in [3.63, 3.8) is 0 Å². The molecule has 0 aromatic carbocycles. The molecule has 3 rings (SSSR count). The zero-order chi connectivity index (χ0) is 12.6. The van der Waals surface area contributed by atoms with Crippen molar-refractivity contribution in [2.24, 2.45) is 5.41 Å². The van der Waals surface area contributed by atoms with Gasteiger partial charge in [-0.3, -0.25) is 4.90 Å². The van der Waals surface area contributed by atoms with Crippen molar-refractivity contribution >= 4 is 0 Å². The van der Waals surface area contributed by atoms with Crippen LogP contribution in [0.3, 0.4) is 0 Å². The molecule has 0 atom stereocenters. The third-order valence-electron chi connectivity index (χ3n) is 4.41. The number of aromatic nitrogens is 2. The van der Waals surface area contributed by atoms with Crippen molar-refractivity contribution in [3.8, 4) is 0 Å². The van der Waals surface area contributed by atoms with Crippen molar-refractivity contribution in [2.75, 3.05) is 33.2 Å². The van der Waals surface area contributed by atoms with Gasteiger partial charge in [0, 0.05) is 37.6 Å². The van der Waals surface area contributed by atoms with Gasteiger partial charge < -0.3 is 4.90 Å². The van der Waals surface area contributed by atoms with Gasteiger partial charge in [0.25, 0.3) is 0 Å². The Morgan fingerprint density at radius 1 is 1.17 bits per heavy atom. The van der Waals surface area contributed by atoms with E-state index in [2.05, 4.69) is 26.8 Å². The summed E-state index contributed by atoms with van der Waals surface area (Å²) in [5.41, 5.74) is 1.86. The average Bonchev–Trinajstić information content (AvgIpc) is 2.33. The minimum absolute atomic E-state index is 0.623. The Bertz CT molecular complexity index is 398. The summed E-state index contributed by atoms with van der Waals surface area (Å²) in [6.07, 6.45) is 6.65. The number of nitrogens with zero attached hydrogens (tertiary/aromatic N) is 4. The molecular weight excluding hydrogens is 224 g/mol. The highest BCUT2D eigenvalue weighted by atomic mass is 15.2. The molecule has 0 unspecified atom stereocenters. The standard InChI is InChI=1S/C14H22N4/c1-12-15-7-13(8-16-12)9-18-10-14(11-18)3-5-17(2)6-4-14/h7-8H,3-6,9-11H2,1-2H3. The molecular formula is C14H22N4. The van der Waals surface area contributed by atoms with Crippen LogP contribution in [0.4, 0.5) is 0 Å². The Balaban J connectivity index is 1.52. The number of aryl methyl sites for hydroxylation is 1. The SMILES string of the molecule is Cc1ncc(CN2CC3(CCN(C)CC3)C2)cn1. The highest BCUT2D eigenvalue weighted by Crippen LogP contribution is 2.40. The average molecular weight is 246 g/mol. The largest absolute Gasteiger partial charge is 0.306 e. The van der Waals surface area contributed by atoms with E-state index in [0.717, 1.165) is 12.4 Å². The lowest BCUT2D eigenvalue weighted by Gasteiger charge is -2.53. The molecule has 3 heterocycles. The second-order valence-corrected chi connectivity index (χ2v) is 6.09. The molecule has 2 aliphatic heterocycles. The lowest BCUT2D eigenvalue weighted by molar-refractivity contribution is -0.0471. The Morgan fingerprint density at radius 2 is 1.78 bits per heavy atom. The van der Waals surface area contributed by atoms with E-state index >= 15 is 0 Å². The van der Waals surface area contributed by atoms with E-state index in [1.807, 2.05) is 19.3 Å². The number of rotatable bonds is 2. The summed E-state index contributed by atoms with van der Waals surface area (Å²) >= 11 is 0. The topological polar surface area (TPSA) is 32.3 Å². The number of likely N-dealkylation sites (tertiary alicyclic amines) is 2. The number of hydrogen-bond donors (Lipinski definition) is 0. The zero-order valence-corrected chi connectivity index (χ0v) is 11.4. The Morgan fingerprint density at radius 3 is 2.39 bits per heavy atom. The summed E-state index contributed by atoms with van der Waals surface area (Å²) in [5, 5.41) is 0. The lowest BCUT2D eigenvalue weighted by Crippen LogP contribution is -2.59. The first-order valence-corrected chi connectivity index (χ1v) is 6.84. The monoisotopic (exact) mass is 246 g/mol. The van der Waals surface area contributed by atoms with Crippen LogP contribution in [0.5, 0.6) is 0 Å². The molecule has 2 saturated heterocycles. The van der Waals surface area contributed by atoms with Crippen molar-refractivity contribution in [1.82, 2.24) is 19.8 Å². The van der Waals surface area contributed by atoms with Gasteiger partial charge in [-0.2, -0.15) is 0 Å². The zero-order valence-electron chi connectivity index (χ0n) is 11.4. The minimum atomic E-state index is 0.623. The van der Waals surface area contributed by atoms with E-state index in [4.69, 9.17) is 0 Å². The summed E-state index contributed by atoms with van der Waals surface area (Å²) in [5.74, 6) is 0.856. The molecule has 4 nitrogen and oxygen atoms in total. The predicted octanol–water partition coefficient (Wildman–Crippen LogP) is 1.31. The predicted molar refractivity (Wildman–Crippen MR) is 71.2 cm³/mol. The van der Waals surface area contributed by atoms with E-state index in [0.29, 0.717) is 5.41 Å². The highest BCUT2D eigenvalue weighted by Gasteiger charge is 2.43. The molecule has 0 saturated carbocycles. The quantitative estimate of drug-likeness (QED) is 0.787. The van der Waals surface area contributed by atoms with Crippen molar-refractivity contribution < 1.29 is 0 Å². The Labute approximate surface area is 109 Å². The fourth-order valence-corrected chi connectivity index (χ4v) is 3.18. The molecule has 1 aromatic rings. The van der Waals surface area contributed by atoms with Crippen molar-refractivity contribution in [3.05, 3.63) is 23.8 Å². The first-order valence-electron chi connectivity index (χ1n) is 6.84. The molecule has 1 aromatic heterocycles. The van der Waals surface area contributed by atoms with Crippen LogP contribution in [0.1, 0.15) is 24.2 Å². The third-order valence-corrected chi connectivity index (χ3v) is 4.41. The summed E-state index contributed by atoms with van der Waals surface area (Å²) in [7, 11) is 2.23. The van der Waals surface area contributed by atoms with Crippen LogP contribution in [-0.4, -0.2) is 53.0 Å². The van der Waals surface area contributed by atoms with E-state index in [9.17, 15) is 0 Å².